The maximum Gasteiger partial charge on any atom is 0.161 e. The predicted octanol–water partition coefficient (Wildman–Crippen LogP) is 10.0. The van der Waals surface area contributed by atoms with Crippen LogP contribution in [0.1, 0.15) is 85.8 Å². The fourth-order valence-corrected chi connectivity index (χ4v) is 8.77. The summed E-state index contributed by atoms with van der Waals surface area (Å²) in [6.07, 6.45) is 19.5. The zero-order chi connectivity index (χ0) is 32.4. The van der Waals surface area contributed by atoms with Crippen molar-refractivity contribution in [3.63, 3.8) is 0 Å². The standard InChI is InChI=1S/C43H50N2O2/c1-5-14-32-22-24-39(37-27-44(29-46-41(32)37)35-18-9-7-10-19-35)43(4,34-17-13-16-31(3)26-34)40-25-23-33(15-6-2)42-38(40)28-45(30-47-42)36-20-11-8-12-21-36/h5-11,18-19,21-25,31,34H,1-2,12-17,20,26-30H2,3-4H3. The average Bonchev–Trinajstić information content (AvgIpc) is 3.12. The molecule has 3 aromatic rings. The lowest BCUT2D eigenvalue weighted by Crippen LogP contribution is -2.42. The maximum absolute atomic E-state index is 6.76. The van der Waals surface area contributed by atoms with Crippen molar-refractivity contribution < 1.29 is 9.47 Å². The summed E-state index contributed by atoms with van der Waals surface area (Å²) in [6.45, 7) is 16.0. The molecule has 4 heteroatoms. The third-order valence-electron chi connectivity index (χ3n) is 11.2. The molecular formula is C43H50N2O2. The molecule has 3 aromatic carbocycles. The third-order valence-corrected chi connectivity index (χ3v) is 11.2. The Morgan fingerprint density at radius 1 is 0.809 bits per heavy atom. The lowest BCUT2D eigenvalue weighted by atomic mass is 9.59. The SMILES string of the molecule is C=CCc1ccc(C(C)(c2ccc(CC=C)c3c2CN(c2ccccc2)CO3)C2CCCC(C)C2)c2c1OCN(C1=CCC=CC1)C2. The van der Waals surface area contributed by atoms with Gasteiger partial charge in [0.1, 0.15) is 11.5 Å². The van der Waals surface area contributed by atoms with Crippen LogP contribution in [0.25, 0.3) is 0 Å². The third kappa shape index (κ3) is 5.92. The lowest BCUT2D eigenvalue weighted by Gasteiger charge is -2.47. The highest BCUT2D eigenvalue weighted by Crippen LogP contribution is 2.53. The second-order valence-electron chi connectivity index (χ2n) is 14.2. The van der Waals surface area contributed by atoms with E-state index >= 15 is 0 Å². The molecule has 0 bridgehead atoms. The summed E-state index contributed by atoms with van der Waals surface area (Å²) in [4.78, 5) is 4.84. The van der Waals surface area contributed by atoms with Crippen LogP contribution in [0.4, 0.5) is 5.69 Å². The topological polar surface area (TPSA) is 24.9 Å². The molecule has 7 rings (SSSR count). The first-order valence-electron chi connectivity index (χ1n) is 17.7. The highest BCUT2D eigenvalue weighted by molar-refractivity contribution is 5.61. The van der Waals surface area contributed by atoms with Gasteiger partial charge in [0, 0.05) is 40.9 Å². The van der Waals surface area contributed by atoms with Crippen LogP contribution in [-0.2, 0) is 31.3 Å². The van der Waals surface area contributed by atoms with E-state index in [4.69, 9.17) is 9.47 Å². The summed E-state index contributed by atoms with van der Waals surface area (Å²) < 4.78 is 13.5. The van der Waals surface area contributed by atoms with Crippen LogP contribution < -0.4 is 14.4 Å². The number of hydrogen-bond donors (Lipinski definition) is 0. The number of ether oxygens (including phenoxy) is 2. The zero-order valence-electron chi connectivity index (χ0n) is 28.3. The number of allylic oxidation sites excluding steroid dienone is 5. The molecule has 0 amide bonds. The average molecular weight is 627 g/mol. The monoisotopic (exact) mass is 626 g/mol. The number of rotatable bonds is 9. The van der Waals surface area contributed by atoms with Crippen molar-refractivity contribution in [2.45, 2.75) is 83.7 Å². The molecule has 0 N–H and O–H groups in total. The van der Waals surface area contributed by atoms with Crippen LogP contribution in [0.2, 0.25) is 0 Å². The van der Waals surface area contributed by atoms with Gasteiger partial charge in [-0.1, -0.05) is 99.5 Å². The van der Waals surface area contributed by atoms with Gasteiger partial charge < -0.3 is 19.3 Å². The van der Waals surface area contributed by atoms with Crippen LogP contribution in [0.15, 0.2) is 104 Å². The lowest BCUT2D eigenvalue weighted by molar-refractivity contribution is 0.121. The number of nitrogens with zero attached hydrogens (tertiary/aromatic N) is 2. The van der Waals surface area contributed by atoms with Crippen molar-refractivity contribution in [2.24, 2.45) is 11.8 Å². The molecular weight excluding hydrogens is 576 g/mol. The molecule has 2 aliphatic carbocycles. The summed E-state index contributed by atoms with van der Waals surface area (Å²) in [7, 11) is 0. The van der Waals surface area contributed by atoms with Gasteiger partial charge in [0.15, 0.2) is 13.5 Å². The Kier molecular flexibility index (Phi) is 9.03. The van der Waals surface area contributed by atoms with Crippen LogP contribution in [0, 0.1) is 11.8 Å². The molecule has 3 unspecified atom stereocenters. The van der Waals surface area contributed by atoms with E-state index in [9.17, 15) is 0 Å². The van der Waals surface area contributed by atoms with Crippen LogP contribution in [0.5, 0.6) is 11.5 Å². The number of benzene rings is 3. The molecule has 0 radical (unpaired) electrons. The van der Waals surface area contributed by atoms with Crippen LogP contribution in [-0.4, -0.2) is 18.4 Å². The fourth-order valence-electron chi connectivity index (χ4n) is 8.77. The number of fused-ring (bicyclic) bond motifs is 2. The number of para-hydroxylation sites is 1. The first-order valence-corrected chi connectivity index (χ1v) is 17.7. The molecule has 0 spiro atoms. The van der Waals surface area contributed by atoms with Crippen molar-refractivity contribution >= 4 is 5.69 Å². The summed E-state index contributed by atoms with van der Waals surface area (Å²) in [5.74, 6) is 3.32. The molecule has 244 valence electrons. The van der Waals surface area contributed by atoms with Crippen LogP contribution >= 0.6 is 0 Å². The minimum Gasteiger partial charge on any atom is -0.472 e. The second-order valence-corrected chi connectivity index (χ2v) is 14.2. The molecule has 2 aliphatic heterocycles. The summed E-state index contributed by atoms with van der Waals surface area (Å²) in [5.41, 5.74) is 10.2. The summed E-state index contributed by atoms with van der Waals surface area (Å²) >= 11 is 0. The quantitative estimate of drug-likeness (QED) is 0.221. The van der Waals surface area contributed by atoms with Gasteiger partial charge in [-0.25, -0.2) is 0 Å². The normalized spacial score (nSPS) is 21.8. The van der Waals surface area contributed by atoms with Gasteiger partial charge in [-0.15, -0.1) is 13.2 Å². The minimum absolute atomic E-state index is 0.238. The van der Waals surface area contributed by atoms with E-state index in [1.54, 1.807) is 0 Å². The molecule has 4 nitrogen and oxygen atoms in total. The van der Waals surface area contributed by atoms with E-state index in [1.807, 2.05) is 12.2 Å². The van der Waals surface area contributed by atoms with Crippen molar-refractivity contribution in [2.75, 3.05) is 18.4 Å². The highest BCUT2D eigenvalue weighted by Gasteiger charge is 2.45. The summed E-state index contributed by atoms with van der Waals surface area (Å²) in [5, 5.41) is 0. The van der Waals surface area contributed by atoms with Crippen LogP contribution in [0.3, 0.4) is 0 Å². The van der Waals surface area contributed by atoms with Gasteiger partial charge in [0.2, 0.25) is 0 Å². The van der Waals surface area contributed by atoms with E-state index < -0.39 is 0 Å². The first-order chi connectivity index (χ1) is 23.0. The Balaban J connectivity index is 1.42. The van der Waals surface area contributed by atoms with Gasteiger partial charge in [-0.2, -0.15) is 0 Å². The van der Waals surface area contributed by atoms with E-state index in [0.717, 1.165) is 50.3 Å². The molecule has 4 aliphatic rings. The Hall–Kier alpha value is -4.18. The van der Waals surface area contributed by atoms with Crippen molar-refractivity contribution in [1.82, 2.24) is 4.90 Å². The van der Waals surface area contributed by atoms with E-state index in [-0.39, 0.29) is 5.41 Å². The maximum atomic E-state index is 6.76. The van der Waals surface area contributed by atoms with Crippen molar-refractivity contribution in [3.05, 3.63) is 137 Å². The fraction of sp³-hybridized carbons (Fsp3) is 0.395. The predicted molar refractivity (Wildman–Crippen MR) is 194 cm³/mol. The minimum atomic E-state index is -0.238. The molecule has 2 heterocycles. The van der Waals surface area contributed by atoms with E-state index in [1.165, 1.54) is 70.4 Å². The molecule has 0 saturated heterocycles. The van der Waals surface area contributed by atoms with Gasteiger partial charge in [-0.05, 0) is 78.3 Å². The van der Waals surface area contributed by atoms with E-state index in [2.05, 4.69) is 110 Å². The number of anilines is 1. The molecule has 47 heavy (non-hydrogen) atoms. The molecule has 1 saturated carbocycles. The van der Waals surface area contributed by atoms with Gasteiger partial charge in [0.25, 0.3) is 0 Å². The van der Waals surface area contributed by atoms with Gasteiger partial charge in [-0.3, -0.25) is 0 Å². The van der Waals surface area contributed by atoms with Gasteiger partial charge >= 0.3 is 0 Å². The highest BCUT2D eigenvalue weighted by atomic mass is 16.5. The Morgan fingerprint density at radius 2 is 1.45 bits per heavy atom. The second kappa shape index (κ2) is 13.5. The first kappa shape index (κ1) is 31.4. The molecule has 0 aromatic heterocycles. The largest absolute Gasteiger partial charge is 0.472 e. The molecule has 1 fully saturated rings. The molecule has 3 atom stereocenters. The summed E-state index contributed by atoms with van der Waals surface area (Å²) in [6, 6.07) is 20.2. The Bertz CT molecular complexity index is 1690. The Labute approximate surface area is 282 Å². The number of hydrogen-bond acceptors (Lipinski definition) is 4. The van der Waals surface area contributed by atoms with Gasteiger partial charge in [0.05, 0.1) is 6.54 Å². The van der Waals surface area contributed by atoms with Crippen molar-refractivity contribution in [1.29, 1.82) is 0 Å². The Morgan fingerprint density at radius 3 is 2.04 bits per heavy atom. The van der Waals surface area contributed by atoms with E-state index in [0.29, 0.717) is 25.3 Å². The van der Waals surface area contributed by atoms with Crippen molar-refractivity contribution in [3.8, 4) is 11.5 Å². The zero-order valence-corrected chi connectivity index (χ0v) is 28.3. The smallest absolute Gasteiger partial charge is 0.161 e.